The van der Waals surface area contributed by atoms with Gasteiger partial charge in [-0.3, -0.25) is 4.79 Å². The minimum atomic E-state index is 0.0426. The molecule has 2 aromatic carbocycles. The molecule has 86 valence electrons. The number of hydrogen-bond acceptors (Lipinski definition) is 1. The monoisotopic (exact) mass is 224 g/mol. The van der Waals surface area contributed by atoms with E-state index < -0.39 is 0 Å². The lowest BCUT2D eigenvalue weighted by atomic mass is 9.97. The van der Waals surface area contributed by atoms with E-state index in [0.29, 0.717) is 0 Å². The summed E-state index contributed by atoms with van der Waals surface area (Å²) >= 11 is 0. The molecule has 1 heteroatoms. The van der Waals surface area contributed by atoms with Crippen molar-refractivity contribution in [1.82, 2.24) is 0 Å². The molecule has 0 aliphatic carbocycles. The van der Waals surface area contributed by atoms with Crippen LogP contribution >= 0.6 is 0 Å². The highest BCUT2D eigenvalue weighted by atomic mass is 16.1. The van der Waals surface area contributed by atoms with E-state index in [-0.39, 0.29) is 11.7 Å². The van der Waals surface area contributed by atoms with Crippen LogP contribution in [-0.2, 0) is 0 Å². The number of carbonyl (C=O) groups is 1. The van der Waals surface area contributed by atoms with E-state index in [9.17, 15) is 4.79 Å². The number of carbonyl (C=O) groups excluding carboxylic acids is 1. The van der Waals surface area contributed by atoms with Crippen LogP contribution in [0.3, 0.4) is 0 Å². The molecular weight excluding hydrogens is 208 g/mol. The molecule has 0 heterocycles. The molecule has 0 spiro atoms. The average Bonchev–Trinajstić information content (AvgIpc) is 2.39. The van der Waals surface area contributed by atoms with E-state index in [2.05, 4.69) is 12.1 Å². The number of Topliss-reactive ketones (excluding diaryl/α,β-unsaturated/α-hetero) is 1. The second kappa shape index (κ2) is 4.96. The summed E-state index contributed by atoms with van der Waals surface area (Å²) in [6, 6.07) is 17.9. The Morgan fingerprint density at radius 2 is 1.53 bits per heavy atom. The van der Waals surface area contributed by atoms with Crippen LogP contribution in [0.4, 0.5) is 0 Å². The molecule has 0 aliphatic rings. The van der Waals surface area contributed by atoms with Gasteiger partial charge < -0.3 is 0 Å². The summed E-state index contributed by atoms with van der Waals surface area (Å²) in [6.45, 7) is 3.86. The van der Waals surface area contributed by atoms with Crippen molar-refractivity contribution in [2.45, 2.75) is 13.8 Å². The molecule has 0 saturated carbocycles. The minimum Gasteiger partial charge on any atom is -0.294 e. The zero-order chi connectivity index (χ0) is 12.3. The third kappa shape index (κ3) is 2.62. The van der Waals surface area contributed by atoms with Crippen LogP contribution < -0.4 is 0 Å². The predicted octanol–water partition coefficient (Wildman–Crippen LogP) is 4.19. The van der Waals surface area contributed by atoms with Crippen molar-refractivity contribution in [3.8, 4) is 11.1 Å². The predicted molar refractivity (Wildman–Crippen MR) is 71.0 cm³/mol. The van der Waals surface area contributed by atoms with Gasteiger partial charge in [-0.25, -0.2) is 0 Å². The standard InChI is InChI=1S/C16H16O/c1-12(2)16(17)15-10-6-9-14(11-15)13-7-4-3-5-8-13/h3-12H,1-2H3. The molecule has 0 aromatic heterocycles. The molecule has 0 aliphatic heterocycles. The number of ketones is 1. The Balaban J connectivity index is 2.39. The first-order chi connectivity index (χ1) is 8.18. The lowest BCUT2D eigenvalue weighted by Gasteiger charge is -2.07. The van der Waals surface area contributed by atoms with E-state index >= 15 is 0 Å². The fourth-order valence-electron chi connectivity index (χ4n) is 1.82. The molecule has 0 radical (unpaired) electrons. The van der Waals surface area contributed by atoms with E-state index in [1.54, 1.807) is 0 Å². The molecule has 2 rings (SSSR count). The van der Waals surface area contributed by atoms with Gasteiger partial charge in [0.25, 0.3) is 0 Å². The fraction of sp³-hybridized carbons (Fsp3) is 0.188. The Hall–Kier alpha value is -1.89. The van der Waals surface area contributed by atoms with Gasteiger partial charge in [0.1, 0.15) is 0 Å². The van der Waals surface area contributed by atoms with Crippen molar-refractivity contribution in [2.75, 3.05) is 0 Å². The lowest BCUT2D eigenvalue weighted by molar-refractivity contribution is 0.0939. The quantitative estimate of drug-likeness (QED) is 0.714. The van der Waals surface area contributed by atoms with Crippen molar-refractivity contribution in [3.05, 3.63) is 60.2 Å². The summed E-state index contributed by atoms with van der Waals surface area (Å²) < 4.78 is 0. The molecule has 0 fully saturated rings. The summed E-state index contributed by atoms with van der Waals surface area (Å²) in [6.07, 6.45) is 0. The summed E-state index contributed by atoms with van der Waals surface area (Å²) in [5.74, 6) is 0.240. The lowest BCUT2D eigenvalue weighted by Crippen LogP contribution is -2.07. The van der Waals surface area contributed by atoms with Crippen LogP contribution in [0.5, 0.6) is 0 Å². The smallest absolute Gasteiger partial charge is 0.165 e. The van der Waals surface area contributed by atoms with E-state index in [1.165, 1.54) is 0 Å². The molecule has 0 atom stereocenters. The largest absolute Gasteiger partial charge is 0.294 e. The topological polar surface area (TPSA) is 17.1 Å². The van der Waals surface area contributed by atoms with Gasteiger partial charge in [-0.05, 0) is 17.2 Å². The number of benzene rings is 2. The second-order valence-electron chi connectivity index (χ2n) is 4.47. The highest BCUT2D eigenvalue weighted by Gasteiger charge is 2.10. The van der Waals surface area contributed by atoms with Gasteiger partial charge in [0, 0.05) is 11.5 Å². The average molecular weight is 224 g/mol. The molecule has 0 bridgehead atoms. The Kier molecular flexibility index (Phi) is 3.38. The van der Waals surface area contributed by atoms with E-state index in [1.807, 2.05) is 56.3 Å². The Morgan fingerprint density at radius 1 is 0.882 bits per heavy atom. The van der Waals surface area contributed by atoms with Crippen molar-refractivity contribution < 1.29 is 4.79 Å². The molecule has 0 saturated heterocycles. The van der Waals surface area contributed by atoms with Crippen molar-refractivity contribution >= 4 is 5.78 Å². The molecule has 0 unspecified atom stereocenters. The molecule has 2 aromatic rings. The molecule has 0 amide bonds. The molecule has 1 nitrogen and oxygen atoms in total. The van der Waals surface area contributed by atoms with Crippen LogP contribution in [0.2, 0.25) is 0 Å². The first-order valence-electron chi connectivity index (χ1n) is 5.88. The maximum atomic E-state index is 11.9. The van der Waals surface area contributed by atoms with Gasteiger partial charge in [0.05, 0.1) is 0 Å². The second-order valence-corrected chi connectivity index (χ2v) is 4.47. The highest BCUT2D eigenvalue weighted by molar-refractivity contribution is 5.98. The molecule has 17 heavy (non-hydrogen) atoms. The van der Waals surface area contributed by atoms with Gasteiger partial charge in [0.15, 0.2) is 5.78 Å². The third-order valence-electron chi connectivity index (χ3n) is 2.78. The summed E-state index contributed by atoms with van der Waals surface area (Å²) in [5, 5.41) is 0. The fourth-order valence-corrected chi connectivity index (χ4v) is 1.82. The van der Waals surface area contributed by atoms with Gasteiger partial charge in [-0.2, -0.15) is 0 Å². The summed E-state index contributed by atoms with van der Waals surface area (Å²) in [5.41, 5.74) is 3.03. The van der Waals surface area contributed by atoms with Crippen molar-refractivity contribution in [3.63, 3.8) is 0 Å². The highest BCUT2D eigenvalue weighted by Crippen LogP contribution is 2.21. The van der Waals surface area contributed by atoms with E-state index in [4.69, 9.17) is 0 Å². The Morgan fingerprint density at radius 3 is 2.18 bits per heavy atom. The number of hydrogen-bond donors (Lipinski definition) is 0. The van der Waals surface area contributed by atoms with Gasteiger partial charge in [0.2, 0.25) is 0 Å². The Labute approximate surface area is 102 Å². The van der Waals surface area contributed by atoms with Crippen LogP contribution in [0.15, 0.2) is 54.6 Å². The van der Waals surface area contributed by atoms with Crippen molar-refractivity contribution in [1.29, 1.82) is 0 Å². The third-order valence-corrected chi connectivity index (χ3v) is 2.78. The van der Waals surface area contributed by atoms with E-state index in [0.717, 1.165) is 16.7 Å². The zero-order valence-corrected chi connectivity index (χ0v) is 10.2. The Bertz CT molecular complexity index is 512. The van der Waals surface area contributed by atoms with Crippen LogP contribution in [0.25, 0.3) is 11.1 Å². The normalized spacial score (nSPS) is 10.5. The molecular formula is C16H16O. The summed E-state index contributed by atoms with van der Waals surface area (Å²) in [7, 11) is 0. The first kappa shape index (κ1) is 11.6. The van der Waals surface area contributed by atoms with Gasteiger partial charge >= 0.3 is 0 Å². The van der Waals surface area contributed by atoms with Crippen LogP contribution in [0, 0.1) is 5.92 Å². The zero-order valence-electron chi connectivity index (χ0n) is 10.2. The van der Waals surface area contributed by atoms with Gasteiger partial charge in [-0.1, -0.05) is 62.4 Å². The van der Waals surface area contributed by atoms with Crippen LogP contribution in [0.1, 0.15) is 24.2 Å². The maximum absolute atomic E-state index is 11.9. The van der Waals surface area contributed by atoms with Gasteiger partial charge in [-0.15, -0.1) is 0 Å². The molecule has 0 N–H and O–H groups in total. The SMILES string of the molecule is CC(C)C(=O)c1cccc(-c2ccccc2)c1. The van der Waals surface area contributed by atoms with Crippen LogP contribution in [-0.4, -0.2) is 5.78 Å². The minimum absolute atomic E-state index is 0.0426. The number of rotatable bonds is 3. The summed E-state index contributed by atoms with van der Waals surface area (Å²) in [4.78, 5) is 11.9. The van der Waals surface area contributed by atoms with Crippen molar-refractivity contribution in [2.24, 2.45) is 5.92 Å². The maximum Gasteiger partial charge on any atom is 0.165 e. The first-order valence-corrected chi connectivity index (χ1v) is 5.88.